The lowest BCUT2D eigenvalue weighted by atomic mass is 9.83. The molecule has 0 saturated carbocycles. The monoisotopic (exact) mass is 311 g/mol. The highest BCUT2D eigenvalue weighted by Crippen LogP contribution is 2.33. The van der Waals surface area contributed by atoms with Crippen molar-refractivity contribution >= 4 is 0 Å². The Hall–Kier alpha value is -1.64. The molecule has 2 aromatic rings. The topological polar surface area (TPSA) is 23.5 Å². The second-order valence-electron chi connectivity index (χ2n) is 6.24. The Morgan fingerprint density at radius 2 is 1.26 bits per heavy atom. The normalized spacial score (nSPS) is 15.9. The summed E-state index contributed by atoms with van der Waals surface area (Å²) in [4.78, 5) is 2.49. The van der Waals surface area contributed by atoms with E-state index in [0.717, 1.165) is 24.1 Å². The average Bonchev–Trinajstić information content (AvgIpc) is 2.62. The fraction of sp³-hybridized carbons (Fsp3) is 0.429. The SMILES string of the molecule is C.OC(CCN1CCCCC1)(c1ccccc1)c1ccccc1. The quantitative estimate of drug-likeness (QED) is 0.882. The second kappa shape index (κ2) is 8.28. The first-order valence-electron chi connectivity index (χ1n) is 8.35. The number of piperidine rings is 1. The van der Waals surface area contributed by atoms with Crippen LogP contribution in [0.4, 0.5) is 0 Å². The van der Waals surface area contributed by atoms with Crippen molar-refractivity contribution in [1.29, 1.82) is 0 Å². The largest absolute Gasteiger partial charge is 0.380 e. The molecule has 0 atom stereocenters. The molecule has 0 unspecified atom stereocenters. The van der Waals surface area contributed by atoms with Gasteiger partial charge in [0.05, 0.1) is 0 Å². The van der Waals surface area contributed by atoms with E-state index >= 15 is 0 Å². The van der Waals surface area contributed by atoms with Gasteiger partial charge in [-0.2, -0.15) is 0 Å². The summed E-state index contributed by atoms with van der Waals surface area (Å²) in [7, 11) is 0. The van der Waals surface area contributed by atoms with Gasteiger partial charge in [0.1, 0.15) is 5.60 Å². The first kappa shape index (κ1) is 17.7. The van der Waals surface area contributed by atoms with E-state index in [1.807, 2.05) is 60.7 Å². The first-order valence-corrected chi connectivity index (χ1v) is 8.35. The maximum atomic E-state index is 11.5. The predicted molar refractivity (Wildman–Crippen MR) is 97.5 cm³/mol. The van der Waals surface area contributed by atoms with Crippen molar-refractivity contribution in [2.24, 2.45) is 0 Å². The number of aliphatic hydroxyl groups is 1. The molecule has 23 heavy (non-hydrogen) atoms. The van der Waals surface area contributed by atoms with Gasteiger partial charge in [0.2, 0.25) is 0 Å². The summed E-state index contributed by atoms with van der Waals surface area (Å²) < 4.78 is 0. The highest BCUT2D eigenvalue weighted by Gasteiger charge is 2.31. The molecule has 0 aromatic heterocycles. The van der Waals surface area contributed by atoms with E-state index in [0.29, 0.717) is 0 Å². The van der Waals surface area contributed by atoms with E-state index in [1.165, 1.54) is 32.4 Å². The lowest BCUT2D eigenvalue weighted by Crippen LogP contribution is -2.36. The summed E-state index contributed by atoms with van der Waals surface area (Å²) in [5, 5.41) is 11.5. The minimum Gasteiger partial charge on any atom is -0.380 e. The summed E-state index contributed by atoms with van der Waals surface area (Å²) in [6.07, 6.45) is 4.66. The van der Waals surface area contributed by atoms with Gasteiger partial charge in [-0.3, -0.25) is 0 Å². The molecule has 2 heteroatoms. The zero-order valence-electron chi connectivity index (χ0n) is 13.1. The molecule has 1 saturated heterocycles. The maximum Gasteiger partial charge on any atom is 0.116 e. The van der Waals surface area contributed by atoms with Crippen LogP contribution in [0, 0.1) is 0 Å². The molecule has 0 radical (unpaired) electrons. The third-order valence-electron chi connectivity index (χ3n) is 4.74. The van der Waals surface area contributed by atoms with E-state index < -0.39 is 5.60 Å². The van der Waals surface area contributed by atoms with E-state index in [4.69, 9.17) is 0 Å². The lowest BCUT2D eigenvalue weighted by Gasteiger charge is -2.33. The Labute approximate surface area is 140 Å². The molecule has 1 heterocycles. The van der Waals surface area contributed by atoms with Gasteiger partial charge >= 0.3 is 0 Å². The van der Waals surface area contributed by atoms with Gasteiger partial charge in [-0.15, -0.1) is 0 Å². The molecular formula is C21H29NO. The summed E-state index contributed by atoms with van der Waals surface area (Å²) in [5.74, 6) is 0. The molecule has 2 aromatic carbocycles. The van der Waals surface area contributed by atoms with E-state index in [9.17, 15) is 5.11 Å². The molecule has 1 aliphatic heterocycles. The number of benzene rings is 2. The molecule has 3 rings (SSSR count). The minimum atomic E-state index is -0.903. The van der Waals surface area contributed by atoms with Crippen molar-refractivity contribution < 1.29 is 5.11 Å². The Balaban J connectivity index is 0.00000192. The molecular weight excluding hydrogens is 282 g/mol. The van der Waals surface area contributed by atoms with Crippen molar-refractivity contribution in [3.8, 4) is 0 Å². The van der Waals surface area contributed by atoms with Gasteiger partial charge in [-0.25, -0.2) is 0 Å². The number of rotatable bonds is 5. The van der Waals surface area contributed by atoms with Gasteiger partial charge in [0.15, 0.2) is 0 Å². The third-order valence-corrected chi connectivity index (χ3v) is 4.74. The van der Waals surface area contributed by atoms with Crippen LogP contribution in [0.25, 0.3) is 0 Å². The van der Waals surface area contributed by atoms with Gasteiger partial charge < -0.3 is 10.0 Å². The third kappa shape index (κ3) is 4.21. The van der Waals surface area contributed by atoms with Crippen LogP contribution in [-0.4, -0.2) is 29.6 Å². The van der Waals surface area contributed by atoms with Crippen LogP contribution in [0.2, 0.25) is 0 Å². The van der Waals surface area contributed by atoms with Crippen molar-refractivity contribution in [3.63, 3.8) is 0 Å². The zero-order chi connectivity index (χ0) is 15.3. The summed E-state index contributed by atoms with van der Waals surface area (Å²) >= 11 is 0. The van der Waals surface area contributed by atoms with Crippen molar-refractivity contribution in [3.05, 3.63) is 71.8 Å². The van der Waals surface area contributed by atoms with Crippen LogP contribution in [0.5, 0.6) is 0 Å². The standard InChI is InChI=1S/C20H25NO.CH4/c22-20(18-10-4-1-5-11-18,19-12-6-2-7-13-19)14-17-21-15-8-3-9-16-21;/h1-2,4-7,10-13,22H,3,8-9,14-17H2;1H4. The summed E-state index contributed by atoms with van der Waals surface area (Å²) in [6, 6.07) is 20.1. The Morgan fingerprint density at radius 1 is 0.783 bits per heavy atom. The van der Waals surface area contributed by atoms with Gasteiger partial charge in [0.25, 0.3) is 0 Å². The second-order valence-corrected chi connectivity index (χ2v) is 6.24. The van der Waals surface area contributed by atoms with Crippen LogP contribution < -0.4 is 0 Å². The van der Waals surface area contributed by atoms with Crippen molar-refractivity contribution in [2.45, 2.75) is 38.7 Å². The Morgan fingerprint density at radius 3 is 1.74 bits per heavy atom. The molecule has 0 bridgehead atoms. The van der Waals surface area contributed by atoms with E-state index in [2.05, 4.69) is 4.90 Å². The van der Waals surface area contributed by atoms with Crippen LogP contribution >= 0.6 is 0 Å². The fourth-order valence-electron chi connectivity index (χ4n) is 3.39. The van der Waals surface area contributed by atoms with E-state index in [-0.39, 0.29) is 7.43 Å². The van der Waals surface area contributed by atoms with Crippen molar-refractivity contribution in [2.75, 3.05) is 19.6 Å². The molecule has 0 amide bonds. The van der Waals surface area contributed by atoms with E-state index in [1.54, 1.807) is 0 Å². The van der Waals surface area contributed by atoms with Crippen LogP contribution in [0.3, 0.4) is 0 Å². The number of hydrogen-bond donors (Lipinski definition) is 1. The molecule has 1 fully saturated rings. The van der Waals surface area contributed by atoms with Crippen LogP contribution in [0.15, 0.2) is 60.7 Å². The predicted octanol–water partition coefficient (Wildman–Crippen LogP) is 4.43. The molecule has 0 spiro atoms. The average molecular weight is 311 g/mol. The maximum absolute atomic E-state index is 11.5. The molecule has 0 aliphatic carbocycles. The molecule has 124 valence electrons. The van der Waals surface area contributed by atoms with Crippen LogP contribution in [-0.2, 0) is 5.60 Å². The van der Waals surface area contributed by atoms with Crippen molar-refractivity contribution in [1.82, 2.24) is 4.90 Å². The smallest absolute Gasteiger partial charge is 0.116 e. The van der Waals surface area contributed by atoms with Gasteiger partial charge in [-0.1, -0.05) is 74.5 Å². The number of likely N-dealkylation sites (tertiary alicyclic amines) is 1. The zero-order valence-corrected chi connectivity index (χ0v) is 13.1. The summed E-state index contributed by atoms with van der Waals surface area (Å²) in [5.41, 5.74) is 1.07. The fourth-order valence-corrected chi connectivity index (χ4v) is 3.39. The highest BCUT2D eigenvalue weighted by atomic mass is 16.3. The Kier molecular flexibility index (Phi) is 6.37. The van der Waals surface area contributed by atoms with Gasteiger partial charge in [0, 0.05) is 6.54 Å². The number of nitrogens with zero attached hydrogens (tertiary/aromatic N) is 1. The highest BCUT2D eigenvalue weighted by molar-refractivity contribution is 5.35. The number of hydrogen-bond acceptors (Lipinski definition) is 2. The molecule has 1 aliphatic rings. The molecule has 2 nitrogen and oxygen atoms in total. The lowest BCUT2D eigenvalue weighted by molar-refractivity contribution is 0.0546. The van der Waals surface area contributed by atoms with Crippen LogP contribution in [0.1, 0.15) is 44.2 Å². The molecule has 1 N–H and O–H groups in total. The Bertz CT molecular complexity index is 521. The minimum absolute atomic E-state index is 0. The van der Waals surface area contributed by atoms with Gasteiger partial charge in [-0.05, 0) is 43.5 Å². The summed E-state index contributed by atoms with van der Waals surface area (Å²) in [6.45, 7) is 3.28. The first-order chi connectivity index (χ1) is 10.8.